The molecule has 0 aromatic heterocycles. The van der Waals surface area contributed by atoms with Gasteiger partial charge >= 0.3 is 0 Å². The van der Waals surface area contributed by atoms with Gasteiger partial charge in [0.15, 0.2) is 5.60 Å². The fraction of sp³-hybridized carbons (Fsp3) is 0.0526. The summed E-state index contributed by atoms with van der Waals surface area (Å²) in [5.41, 5.74) is -0.189. The second-order valence-electron chi connectivity index (χ2n) is 6.27. The van der Waals surface area contributed by atoms with Crippen molar-refractivity contribution >= 4 is 73.8 Å². The standard InChI is InChI=1S/C19H10Br4O5S/c20-14-13-18(17(23)16(22)15(14)21)29(26,27)28-19(13,9-1-5-11(24)6-2-9)10-3-7-12(25)8-4-10/h1-8,24-25H. The van der Waals surface area contributed by atoms with Crippen LogP contribution in [-0.2, 0) is 19.9 Å². The summed E-state index contributed by atoms with van der Waals surface area (Å²) in [7, 11) is -4.17. The lowest BCUT2D eigenvalue weighted by atomic mass is 9.80. The van der Waals surface area contributed by atoms with E-state index >= 15 is 0 Å². The first-order valence-electron chi connectivity index (χ1n) is 8.00. The van der Waals surface area contributed by atoms with Gasteiger partial charge < -0.3 is 10.2 Å². The van der Waals surface area contributed by atoms with Crippen LogP contribution in [0.25, 0.3) is 0 Å². The van der Waals surface area contributed by atoms with E-state index in [9.17, 15) is 18.6 Å². The lowest BCUT2D eigenvalue weighted by Gasteiger charge is -2.30. The topological polar surface area (TPSA) is 83.8 Å². The highest BCUT2D eigenvalue weighted by Gasteiger charge is 2.54. The highest BCUT2D eigenvalue weighted by atomic mass is 79.9. The molecule has 0 aliphatic carbocycles. The molecule has 3 aromatic carbocycles. The summed E-state index contributed by atoms with van der Waals surface area (Å²) in [6.45, 7) is 0. The average molecular weight is 670 g/mol. The fourth-order valence-electron chi connectivity index (χ4n) is 3.35. The van der Waals surface area contributed by atoms with Crippen molar-refractivity contribution in [2.75, 3.05) is 0 Å². The van der Waals surface area contributed by atoms with E-state index < -0.39 is 15.7 Å². The number of phenolic OH excluding ortho intramolecular Hbond substituents is 2. The predicted octanol–water partition coefficient (Wildman–Crippen LogP) is 6.16. The Labute approximate surface area is 200 Å². The molecule has 3 aromatic rings. The number of halogens is 4. The SMILES string of the molecule is O=S1(=O)OC(c2ccc(O)cc2)(c2ccc(O)cc2)c2c(Br)c(Br)c(Br)c(Br)c21. The molecule has 10 heteroatoms. The van der Waals surface area contributed by atoms with Crippen molar-refractivity contribution in [1.29, 1.82) is 0 Å². The summed E-state index contributed by atoms with van der Waals surface area (Å²) in [5, 5.41) is 19.5. The number of hydrogen-bond acceptors (Lipinski definition) is 5. The van der Waals surface area contributed by atoms with Crippen LogP contribution in [0.1, 0.15) is 16.7 Å². The molecule has 150 valence electrons. The predicted molar refractivity (Wildman–Crippen MR) is 122 cm³/mol. The second-order valence-corrected chi connectivity index (χ2v) is 10.9. The molecule has 0 spiro atoms. The van der Waals surface area contributed by atoms with Crippen LogP contribution in [0.2, 0.25) is 0 Å². The molecule has 5 nitrogen and oxygen atoms in total. The summed E-state index contributed by atoms with van der Waals surface area (Å²) in [6, 6.07) is 12.2. The van der Waals surface area contributed by atoms with Crippen LogP contribution < -0.4 is 0 Å². The normalized spacial score (nSPS) is 16.6. The summed E-state index contributed by atoms with van der Waals surface area (Å²) in [5.74, 6) is 0.0702. The van der Waals surface area contributed by atoms with Gasteiger partial charge in [-0.2, -0.15) is 8.42 Å². The van der Waals surface area contributed by atoms with Crippen molar-refractivity contribution in [3.63, 3.8) is 0 Å². The van der Waals surface area contributed by atoms with Gasteiger partial charge in [0.25, 0.3) is 10.1 Å². The third-order valence-corrected chi connectivity index (χ3v) is 11.0. The molecule has 0 bridgehead atoms. The van der Waals surface area contributed by atoms with Gasteiger partial charge in [0.2, 0.25) is 0 Å². The minimum atomic E-state index is -4.17. The van der Waals surface area contributed by atoms with E-state index in [2.05, 4.69) is 63.7 Å². The third kappa shape index (κ3) is 3.19. The summed E-state index contributed by atoms with van der Waals surface area (Å²) >= 11 is 13.8. The van der Waals surface area contributed by atoms with Gasteiger partial charge in [-0.15, -0.1) is 0 Å². The van der Waals surface area contributed by atoms with Crippen molar-refractivity contribution in [1.82, 2.24) is 0 Å². The Bertz CT molecular complexity index is 1190. The minimum Gasteiger partial charge on any atom is -0.508 e. The number of fused-ring (bicyclic) bond motifs is 1. The number of benzene rings is 3. The fourth-order valence-corrected chi connectivity index (χ4v) is 8.11. The van der Waals surface area contributed by atoms with Crippen molar-refractivity contribution in [2.45, 2.75) is 10.5 Å². The molecule has 1 heterocycles. The van der Waals surface area contributed by atoms with Crippen LogP contribution in [0.3, 0.4) is 0 Å². The molecule has 0 unspecified atom stereocenters. The number of phenols is 2. The molecule has 0 radical (unpaired) electrons. The largest absolute Gasteiger partial charge is 0.508 e. The van der Waals surface area contributed by atoms with E-state index in [4.69, 9.17) is 4.18 Å². The maximum absolute atomic E-state index is 13.2. The molecule has 0 saturated heterocycles. The van der Waals surface area contributed by atoms with E-state index in [1.165, 1.54) is 24.3 Å². The van der Waals surface area contributed by atoms with Crippen LogP contribution in [0, 0.1) is 0 Å². The molecule has 4 rings (SSSR count). The van der Waals surface area contributed by atoms with E-state index in [0.29, 0.717) is 34.6 Å². The van der Waals surface area contributed by atoms with Crippen LogP contribution in [-0.4, -0.2) is 18.6 Å². The molecular formula is C19H10Br4O5S. The Kier molecular flexibility index (Phi) is 5.40. The molecule has 1 aliphatic heterocycles. The highest BCUT2D eigenvalue weighted by molar-refractivity contribution is 9.15. The smallest absolute Gasteiger partial charge is 0.300 e. The molecule has 29 heavy (non-hydrogen) atoms. The zero-order valence-electron chi connectivity index (χ0n) is 14.2. The van der Waals surface area contributed by atoms with Gasteiger partial charge in [0.1, 0.15) is 16.4 Å². The maximum Gasteiger partial charge on any atom is 0.300 e. The molecule has 0 atom stereocenters. The highest BCUT2D eigenvalue weighted by Crippen LogP contribution is 2.58. The first kappa shape index (κ1) is 21.3. The monoisotopic (exact) mass is 666 g/mol. The van der Waals surface area contributed by atoms with E-state index in [1.807, 2.05) is 0 Å². The van der Waals surface area contributed by atoms with E-state index in [1.54, 1.807) is 24.3 Å². The summed E-state index contributed by atoms with van der Waals surface area (Å²) in [6.07, 6.45) is 0. The quantitative estimate of drug-likeness (QED) is 0.194. The van der Waals surface area contributed by atoms with E-state index in [0.717, 1.165) is 0 Å². The molecular weight excluding hydrogens is 660 g/mol. The summed E-state index contributed by atoms with van der Waals surface area (Å²) < 4.78 is 34.1. The number of rotatable bonds is 2. The van der Waals surface area contributed by atoms with Gasteiger partial charge in [-0.05, 0) is 99.1 Å². The van der Waals surface area contributed by atoms with Crippen molar-refractivity contribution in [2.24, 2.45) is 0 Å². The van der Waals surface area contributed by atoms with E-state index in [-0.39, 0.29) is 16.4 Å². The molecule has 0 fully saturated rings. The Morgan fingerprint density at radius 1 is 0.690 bits per heavy atom. The van der Waals surface area contributed by atoms with Crippen LogP contribution in [0.5, 0.6) is 11.5 Å². The van der Waals surface area contributed by atoms with Gasteiger partial charge in [-0.3, -0.25) is 0 Å². The average Bonchev–Trinajstić information content (AvgIpc) is 2.94. The number of hydrogen-bond donors (Lipinski definition) is 2. The van der Waals surface area contributed by atoms with Crippen molar-refractivity contribution in [3.8, 4) is 11.5 Å². The first-order chi connectivity index (χ1) is 13.6. The zero-order valence-corrected chi connectivity index (χ0v) is 21.3. The number of aromatic hydroxyl groups is 2. The molecule has 0 amide bonds. The Hall–Kier alpha value is -0.910. The lowest BCUT2D eigenvalue weighted by Crippen LogP contribution is -2.30. The Morgan fingerprint density at radius 2 is 1.10 bits per heavy atom. The molecule has 1 aliphatic rings. The van der Waals surface area contributed by atoms with Crippen LogP contribution >= 0.6 is 63.7 Å². The zero-order chi connectivity index (χ0) is 21.1. The minimum absolute atomic E-state index is 0.0133. The molecule has 2 N–H and O–H groups in total. The van der Waals surface area contributed by atoms with Gasteiger partial charge in [0, 0.05) is 19.0 Å². The first-order valence-corrected chi connectivity index (χ1v) is 12.6. The van der Waals surface area contributed by atoms with Crippen molar-refractivity contribution < 1.29 is 22.8 Å². The maximum atomic E-state index is 13.2. The second kappa shape index (κ2) is 7.35. The summed E-state index contributed by atoms with van der Waals surface area (Å²) in [4.78, 5) is -0.0133. The van der Waals surface area contributed by atoms with Crippen LogP contribution in [0.4, 0.5) is 0 Å². The van der Waals surface area contributed by atoms with Gasteiger partial charge in [-0.1, -0.05) is 24.3 Å². The van der Waals surface area contributed by atoms with Crippen molar-refractivity contribution in [3.05, 3.63) is 83.1 Å². The Balaban J connectivity index is 2.21. The van der Waals surface area contributed by atoms with Gasteiger partial charge in [-0.25, -0.2) is 4.18 Å². The van der Waals surface area contributed by atoms with Gasteiger partial charge in [0.05, 0.1) is 4.47 Å². The third-order valence-electron chi connectivity index (χ3n) is 4.61. The Morgan fingerprint density at radius 3 is 1.55 bits per heavy atom. The molecule has 0 saturated carbocycles. The van der Waals surface area contributed by atoms with Crippen LogP contribution in [0.15, 0.2) is 71.3 Å². The lowest BCUT2D eigenvalue weighted by molar-refractivity contribution is 0.179.